The van der Waals surface area contributed by atoms with Gasteiger partial charge in [0.15, 0.2) is 0 Å². The summed E-state index contributed by atoms with van der Waals surface area (Å²) in [7, 11) is 0. The van der Waals surface area contributed by atoms with Crippen molar-refractivity contribution in [3.63, 3.8) is 0 Å². The van der Waals surface area contributed by atoms with Gasteiger partial charge in [-0.1, -0.05) is 95.0 Å². The van der Waals surface area contributed by atoms with Crippen molar-refractivity contribution >= 4 is 5.97 Å². The van der Waals surface area contributed by atoms with Gasteiger partial charge in [-0.25, -0.2) is 4.79 Å². The Kier molecular flexibility index (Phi) is 9.10. The van der Waals surface area contributed by atoms with Gasteiger partial charge in [0.1, 0.15) is 5.75 Å². The van der Waals surface area contributed by atoms with E-state index >= 15 is 0 Å². The Labute approximate surface area is 193 Å². The second-order valence-corrected chi connectivity index (χ2v) is 8.73. The Morgan fingerprint density at radius 3 is 1.94 bits per heavy atom. The molecule has 0 heterocycles. The molecule has 32 heavy (non-hydrogen) atoms. The van der Waals surface area contributed by atoms with Crippen molar-refractivity contribution < 1.29 is 9.53 Å². The highest BCUT2D eigenvalue weighted by Gasteiger charge is 2.10. The zero-order valence-electron chi connectivity index (χ0n) is 19.8. The third-order valence-corrected chi connectivity index (χ3v) is 6.13. The highest BCUT2D eigenvalue weighted by Crippen LogP contribution is 2.26. The summed E-state index contributed by atoms with van der Waals surface area (Å²) in [5.74, 6) is 0.855. The molecular weight excluding hydrogens is 392 g/mol. The molecule has 3 rings (SSSR count). The van der Waals surface area contributed by atoms with Crippen LogP contribution in [0.3, 0.4) is 0 Å². The average molecular weight is 429 g/mol. The maximum atomic E-state index is 12.5. The Morgan fingerprint density at radius 2 is 1.34 bits per heavy atom. The summed E-state index contributed by atoms with van der Waals surface area (Å²) >= 11 is 0. The van der Waals surface area contributed by atoms with E-state index in [1.54, 1.807) is 0 Å². The second kappa shape index (κ2) is 12.2. The van der Waals surface area contributed by atoms with Crippen LogP contribution in [-0.4, -0.2) is 5.97 Å². The van der Waals surface area contributed by atoms with Crippen LogP contribution in [0, 0.1) is 0 Å². The van der Waals surface area contributed by atoms with E-state index in [0.717, 1.165) is 17.5 Å². The SMILES string of the molecule is CCCCCc1ccc(OC(=O)c2ccc(-c3ccc(C(C)CCCC)cc3)cc2)cc1. The lowest BCUT2D eigenvalue weighted by Gasteiger charge is -2.12. The predicted molar refractivity (Wildman–Crippen MR) is 134 cm³/mol. The van der Waals surface area contributed by atoms with Crippen molar-refractivity contribution in [1.82, 2.24) is 0 Å². The molecule has 3 aromatic carbocycles. The standard InChI is InChI=1S/C30H36O2/c1-4-6-8-10-24-11-21-29(22-12-24)32-30(31)28-19-17-27(18-20-28)26-15-13-25(14-16-26)23(3)9-7-5-2/h11-23H,4-10H2,1-3H3. The van der Waals surface area contributed by atoms with Crippen LogP contribution < -0.4 is 4.74 Å². The highest BCUT2D eigenvalue weighted by atomic mass is 16.5. The van der Waals surface area contributed by atoms with Crippen LogP contribution in [0.4, 0.5) is 0 Å². The first-order chi connectivity index (χ1) is 15.6. The molecule has 0 bridgehead atoms. The van der Waals surface area contributed by atoms with Crippen LogP contribution in [0.5, 0.6) is 5.75 Å². The Morgan fingerprint density at radius 1 is 0.750 bits per heavy atom. The fourth-order valence-corrected chi connectivity index (χ4v) is 3.95. The van der Waals surface area contributed by atoms with Gasteiger partial charge in [-0.15, -0.1) is 0 Å². The molecule has 0 aliphatic carbocycles. The summed E-state index contributed by atoms with van der Waals surface area (Å²) in [6, 6.07) is 24.3. The number of unbranched alkanes of at least 4 members (excludes halogenated alkanes) is 3. The van der Waals surface area contributed by atoms with Gasteiger partial charge in [-0.05, 0) is 71.7 Å². The Hall–Kier alpha value is -2.87. The minimum atomic E-state index is -0.324. The van der Waals surface area contributed by atoms with Gasteiger partial charge >= 0.3 is 5.97 Å². The number of hydrogen-bond acceptors (Lipinski definition) is 2. The number of hydrogen-bond donors (Lipinski definition) is 0. The number of rotatable bonds is 11. The lowest BCUT2D eigenvalue weighted by Crippen LogP contribution is -2.08. The van der Waals surface area contributed by atoms with Crippen LogP contribution >= 0.6 is 0 Å². The third-order valence-electron chi connectivity index (χ3n) is 6.13. The van der Waals surface area contributed by atoms with E-state index in [4.69, 9.17) is 4.74 Å². The summed E-state index contributed by atoms with van der Waals surface area (Å²) in [5, 5.41) is 0. The first-order valence-electron chi connectivity index (χ1n) is 12.1. The summed E-state index contributed by atoms with van der Waals surface area (Å²) in [6.45, 7) is 6.74. The monoisotopic (exact) mass is 428 g/mol. The first-order valence-corrected chi connectivity index (χ1v) is 12.1. The van der Waals surface area contributed by atoms with E-state index in [1.165, 1.54) is 49.7 Å². The van der Waals surface area contributed by atoms with Gasteiger partial charge in [-0.2, -0.15) is 0 Å². The molecule has 0 aliphatic heterocycles. The fourth-order valence-electron chi connectivity index (χ4n) is 3.95. The summed E-state index contributed by atoms with van der Waals surface area (Å²) < 4.78 is 5.56. The van der Waals surface area contributed by atoms with Crippen molar-refractivity contribution in [1.29, 1.82) is 0 Å². The fraction of sp³-hybridized carbons (Fsp3) is 0.367. The topological polar surface area (TPSA) is 26.3 Å². The summed E-state index contributed by atoms with van der Waals surface area (Å²) in [6.07, 6.45) is 8.47. The normalized spacial score (nSPS) is 11.8. The maximum Gasteiger partial charge on any atom is 0.343 e. The third kappa shape index (κ3) is 6.82. The van der Waals surface area contributed by atoms with Crippen molar-refractivity contribution in [2.75, 3.05) is 0 Å². The van der Waals surface area contributed by atoms with E-state index in [0.29, 0.717) is 17.2 Å². The lowest BCUT2D eigenvalue weighted by atomic mass is 9.93. The molecule has 0 saturated carbocycles. The van der Waals surface area contributed by atoms with Crippen LogP contribution in [0.25, 0.3) is 11.1 Å². The van der Waals surface area contributed by atoms with Crippen molar-refractivity contribution in [3.8, 4) is 16.9 Å². The summed E-state index contributed by atoms with van der Waals surface area (Å²) in [4.78, 5) is 12.5. The molecule has 0 N–H and O–H groups in total. The predicted octanol–water partition coefficient (Wildman–Crippen LogP) is 8.60. The maximum absolute atomic E-state index is 12.5. The zero-order chi connectivity index (χ0) is 22.8. The largest absolute Gasteiger partial charge is 0.423 e. The van der Waals surface area contributed by atoms with E-state index in [-0.39, 0.29) is 5.97 Å². The van der Waals surface area contributed by atoms with Crippen LogP contribution in [0.2, 0.25) is 0 Å². The van der Waals surface area contributed by atoms with Gasteiger partial charge in [0.05, 0.1) is 5.56 Å². The molecule has 1 unspecified atom stereocenters. The minimum absolute atomic E-state index is 0.324. The van der Waals surface area contributed by atoms with Crippen molar-refractivity contribution in [2.24, 2.45) is 0 Å². The quantitative estimate of drug-likeness (QED) is 0.174. The van der Waals surface area contributed by atoms with Crippen molar-refractivity contribution in [3.05, 3.63) is 89.5 Å². The average Bonchev–Trinajstić information content (AvgIpc) is 2.84. The zero-order valence-corrected chi connectivity index (χ0v) is 19.8. The van der Waals surface area contributed by atoms with E-state index in [2.05, 4.69) is 45.0 Å². The number of benzene rings is 3. The highest BCUT2D eigenvalue weighted by molar-refractivity contribution is 5.91. The van der Waals surface area contributed by atoms with Gasteiger partial charge in [0.25, 0.3) is 0 Å². The van der Waals surface area contributed by atoms with E-state index in [1.807, 2.05) is 48.5 Å². The lowest BCUT2D eigenvalue weighted by molar-refractivity contribution is 0.0734. The smallest absolute Gasteiger partial charge is 0.343 e. The van der Waals surface area contributed by atoms with Gasteiger partial charge in [-0.3, -0.25) is 0 Å². The van der Waals surface area contributed by atoms with Gasteiger partial charge < -0.3 is 4.74 Å². The number of ether oxygens (including phenoxy) is 1. The molecule has 1 atom stereocenters. The molecule has 2 heteroatoms. The molecule has 0 radical (unpaired) electrons. The molecule has 0 saturated heterocycles. The molecule has 168 valence electrons. The van der Waals surface area contributed by atoms with E-state index in [9.17, 15) is 4.79 Å². The summed E-state index contributed by atoms with van der Waals surface area (Å²) in [5.41, 5.74) is 5.50. The Bertz CT molecular complexity index is 953. The van der Waals surface area contributed by atoms with Crippen LogP contribution in [0.15, 0.2) is 72.8 Å². The number of carbonyl (C=O) groups is 1. The Balaban J connectivity index is 1.58. The second-order valence-electron chi connectivity index (χ2n) is 8.73. The molecular formula is C30H36O2. The molecule has 0 fully saturated rings. The molecule has 0 amide bonds. The van der Waals surface area contributed by atoms with Gasteiger partial charge in [0, 0.05) is 0 Å². The van der Waals surface area contributed by atoms with E-state index < -0.39 is 0 Å². The molecule has 0 aromatic heterocycles. The molecule has 0 aliphatic rings. The molecule has 2 nitrogen and oxygen atoms in total. The van der Waals surface area contributed by atoms with Crippen LogP contribution in [0.1, 0.15) is 86.7 Å². The number of esters is 1. The van der Waals surface area contributed by atoms with Crippen molar-refractivity contribution in [2.45, 2.75) is 71.6 Å². The number of aryl methyl sites for hydroxylation is 1. The van der Waals surface area contributed by atoms with Gasteiger partial charge in [0.2, 0.25) is 0 Å². The molecule has 0 spiro atoms. The first kappa shape index (κ1) is 23.8. The van der Waals surface area contributed by atoms with Crippen LogP contribution in [-0.2, 0) is 6.42 Å². The minimum Gasteiger partial charge on any atom is -0.423 e. The number of carbonyl (C=O) groups excluding carboxylic acids is 1. The molecule has 3 aromatic rings.